The van der Waals surface area contributed by atoms with Crippen molar-refractivity contribution in [3.05, 3.63) is 12.2 Å². The van der Waals surface area contributed by atoms with E-state index in [0.29, 0.717) is 0 Å². The van der Waals surface area contributed by atoms with Crippen LogP contribution >= 0.6 is 0 Å². The molecule has 0 aromatic heterocycles. The second-order valence-electron chi connectivity index (χ2n) is 8.95. The van der Waals surface area contributed by atoms with Crippen molar-refractivity contribution in [2.45, 2.75) is 219 Å². The van der Waals surface area contributed by atoms with E-state index in [-0.39, 0.29) is 0 Å². The molecule has 0 nitrogen and oxygen atoms in total. The van der Waals surface area contributed by atoms with E-state index in [1.54, 1.807) is 0 Å². The lowest BCUT2D eigenvalue weighted by atomic mass is 9.96. The first-order valence-corrected chi connectivity index (χ1v) is 17.2. The Hall–Kier alpha value is -0.260. The Morgan fingerprint density at radius 3 is 1.08 bits per heavy atom. The standard InChI is InChI=1S/C18H36.C6H14.2C3H8.3C2H6/c1-4-6-8-9-10-11-12-13-15-17-18(3)16-14-7-5-2;1-3-5-6-4-2;2*1-3-2;3*1-2/h6,8,18H,4-5,7,9-17H2,1-3H3;3-6H2,1-2H3;2*3H2,1-2H3;3*1-2H3/b8-6+;;;;;;. The molecule has 0 heteroatoms. The summed E-state index contributed by atoms with van der Waals surface area (Å²) in [5.41, 5.74) is 0. The van der Waals surface area contributed by atoms with Crippen LogP contribution in [0.5, 0.6) is 0 Å². The van der Waals surface area contributed by atoms with Crippen LogP contribution in [0.1, 0.15) is 219 Å². The molecule has 0 radical (unpaired) electrons. The van der Waals surface area contributed by atoms with Crippen LogP contribution in [0.15, 0.2) is 12.2 Å². The fraction of sp³-hybridized carbons (Fsp3) is 0.944. The number of hydrogen-bond acceptors (Lipinski definition) is 0. The lowest BCUT2D eigenvalue weighted by Gasteiger charge is -2.10. The highest BCUT2D eigenvalue weighted by molar-refractivity contribution is 4.79. The Morgan fingerprint density at radius 1 is 0.417 bits per heavy atom. The van der Waals surface area contributed by atoms with Gasteiger partial charge >= 0.3 is 0 Å². The maximum atomic E-state index is 2.44. The first kappa shape index (κ1) is 52.2. The second-order valence-corrected chi connectivity index (χ2v) is 8.95. The van der Waals surface area contributed by atoms with Crippen molar-refractivity contribution in [3.63, 3.8) is 0 Å². The molecule has 0 aromatic rings. The molecule has 228 valence electrons. The molecule has 0 saturated heterocycles. The highest BCUT2D eigenvalue weighted by atomic mass is 14.1. The lowest BCUT2D eigenvalue weighted by molar-refractivity contribution is 0.437. The van der Waals surface area contributed by atoms with Crippen molar-refractivity contribution in [1.82, 2.24) is 0 Å². The molecule has 0 aliphatic heterocycles. The first-order valence-electron chi connectivity index (χ1n) is 17.2. The molecule has 1 atom stereocenters. The molecule has 0 amide bonds. The van der Waals surface area contributed by atoms with Gasteiger partial charge in [0, 0.05) is 0 Å². The van der Waals surface area contributed by atoms with Crippen molar-refractivity contribution in [2.24, 2.45) is 5.92 Å². The van der Waals surface area contributed by atoms with Gasteiger partial charge in [0.2, 0.25) is 0 Å². The highest BCUT2D eigenvalue weighted by Crippen LogP contribution is 2.17. The van der Waals surface area contributed by atoms with E-state index < -0.39 is 0 Å². The summed E-state index contributed by atoms with van der Waals surface area (Å²) in [5.74, 6) is 0.962. The average molecular weight is 517 g/mol. The first-order chi connectivity index (χ1) is 17.6. The molecule has 0 rings (SSSR count). The molecule has 0 spiro atoms. The molecule has 0 aromatic carbocycles. The minimum absolute atomic E-state index is 0.962. The summed E-state index contributed by atoms with van der Waals surface area (Å²) in [6.07, 6.45) is 29.5. The van der Waals surface area contributed by atoms with E-state index in [1.807, 2.05) is 41.5 Å². The summed E-state index contributed by atoms with van der Waals surface area (Å²) >= 11 is 0. The van der Waals surface area contributed by atoms with Gasteiger partial charge < -0.3 is 0 Å². The van der Waals surface area contributed by atoms with E-state index in [4.69, 9.17) is 0 Å². The summed E-state index contributed by atoms with van der Waals surface area (Å²) < 4.78 is 0. The van der Waals surface area contributed by atoms with E-state index in [0.717, 1.165) is 5.92 Å². The van der Waals surface area contributed by atoms with E-state index in [9.17, 15) is 0 Å². The van der Waals surface area contributed by atoms with Crippen LogP contribution in [0, 0.1) is 5.92 Å². The Morgan fingerprint density at radius 2 is 0.722 bits per heavy atom. The molecule has 0 fully saturated rings. The molecule has 1 unspecified atom stereocenters. The van der Waals surface area contributed by atoms with E-state index in [1.165, 1.54) is 116 Å². The Balaban J connectivity index is -0.0000000766. The van der Waals surface area contributed by atoms with Crippen LogP contribution in [-0.4, -0.2) is 0 Å². The van der Waals surface area contributed by atoms with Gasteiger partial charge in [-0.05, 0) is 25.2 Å². The SMILES string of the molecule is CC.CC.CC.CC/C=C/CCCCCCCC(C)CCCCC.CCC.CCC.CCCCCC. The molecule has 0 N–H and O–H groups in total. The minimum Gasteiger partial charge on any atom is -0.0888 e. The molecule has 0 saturated carbocycles. The van der Waals surface area contributed by atoms with Crippen LogP contribution in [-0.2, 0) is 0 Å². The quantitative estimate of drug-likeness (QED) is 0.141. The van der Waals surface area contributed by atoms with Gasteiger partial charge in [-0.1, -0.05) is 212 Å². The van der Waals surface area contributed by atoms with Crippen LogP contribution in [0.25, 0.3) is 0 Å². The summed E-state index contributed by atoms with van der Waals surface area (Å²) in [4.78, 5) is 0. The molecular formula is C36H84. The maximum absolute atomic E-state index is 2.44. The minimum atomic E-state index is 0.962. The van der Waals surface area contributed by atoms with Gasteiger partial charge in [-0.2, -0.15) is 0 Å². The number of unbranched alkanes of at least 4 members (excludes halogenated alkanes) is 10. The predicted octanol–water partition coefficient (Wildman–Crippen LogP) is 15.4. The third-order valence-electron chi connectivity index (χ3n) is 4.73. The van der Waals surface area contributed by atoms with E-state index in [2.05, 4.69) is 74.5 Å². The van der Waals surface area contributed by atoms with Crippen molar-refractivity contribution in [3.8, 4) is 0 Å². The topological polar surface area (TPSA) is 0 Å². The maximum Gasteiger partial charge on any atom is -0.0351 e. The van der Waals surface area contributed by atoms with Gasteiger partial charge in [-0.25, -0.2) is 0 Å². The zero-order valence-electron chi connectivity index (χ0n) is 29.5. The zero-order valence-corrected chi connectivity index (χ0v) is 29.5. The molecule has 36 heavy (non-hydrogen) atoms. The van der Waals surface area contributed by atoms with Crippen molar-refractivity contribution in [1.29, 1.82) is 0 Å². The lowest BCUT2D eigenvalue weighted by Crippen LogP contribution is -1.94. The van der Waals surface area contributed by atoms with E-state index >= 15 is 0 Å². The smallest absolute Gasteiger partial charge is 0.0351 e. The fourth-order valence-electron chi connectivity index (χ4n) is 2.96. The van der Waals surface area contributed by atoms with Gasteiger partial charge in [0.05, 0.1) is 0 Å². The third kappa shape index (κ3) is 103. The highest BCUT2D eigenvalue weighted by Gasteiger charge is 2.01. The zero-order chi connectivity index (χ0) is 29.7. The summed E-state index contributed by atoms with van der Waals surface area (Å²) in [6, 6.07) is 0. The largest absolute Gasteiger partial charge is 0.0888 e. The van der Waals surface area contributed by atoms with Crippen LogP contribution in [0.3, 0.4) is 0 Å². The number of allylic oxidation sites excluding steroid dienone is 2. The molecule has 0 aliphatic carbocycles. The van der Waals surface area contributed by atoms with Crippen LogP contribution in [0.2, 0.25) is 0 Å². The molecule has 0 heterocycles. The van der Waals surface area contributed by atoms with Gasteiger partial charge in [0.25, 0.3) is 0 Å². The summed E-state index contributed by atoms with van der Waals surface area (Å²) in [7, 11) is 0. The Labute approximate surface area is 237 Å². The van der Waals surface area contributed by atoms with Crippen LogP contribution in [0.4, 0.5) is 0 Å². The average Bonchev–Trinajstić information content (AvgIpc) is 2.91. The van der Waals surface area contributed by atoms with Gasteiger partial charge in [-0.15, -0.1) is 0 Å². The molecular weight excluding hydrogens is 432 g/mol. The van der Waals surface area contributed by atoms with Gasteiger partial charge in [0.15, 0.2) is 0 Å². The van der Waals surface area contributed by atoms with Crippen molar-refractivity contribution in [2.75, 3.05) is 0 Å². The van der Waals surface area contributed by atoms with Crippen LogP contribution < -0.4 is 0 Å². The van der Waals surface area contributed by atoms with Crippen molar-refractivity contribution >= 4 is 0 Å². The van der Waals surface area contributed by atoms with Gasteiger partial charge in [-0.3, -0.25) is 0 Å². The molecule has 0 aliphatic rings. The number of hydrogen-bond donors (Lipinski definition) is 0. The summed E-state index contributed by atoms with van der Waals surface area (Å²) in [6.45, 7) is 31.9. The summed E-state index contributed by atoms with van der Waals surface area (Å²) in [5, 5.41) is 0. The Kier molecular flexibility index (Phi) is 111. The Bertz CT molecular complexity index is 234. The van der Waals surface area contributed by atoms with Gasteiger partial charge in [0.1, 0.15) is 0 Å². The number of rotatable bonds is 16. The monoisotopic (exact) mass is 517 g/mol. The third-order valence-corrected chi connectivity index (χ3v) is 4.73. The normalized spacial score (nSPS) is 9.64. The second kappa shape index (κ2) is 76.5. The fourth-order valence-corrected chi connectivity index (χ4v) is 2.96. The molecule has 0 bridgehead atoms. The van der Waals surface area contributed by atoms with Crippen molar-refractivity contribution < 1.29 is 0 Å². The predicted molar refractivity (Wildman–Crippen MR) is 181 cm³/mol.